The molecule has 2 aromatic carbocycles. The van der Waals surface area contributed by atoms with E-state index in [9.17, 15) is 9.59 Å². The van der Waals surface area contributed by atoms with Crippen LogP contribution in [-0.4, -0.2) is 18.2 Å². The fourth-order valence-corrected chi connectivity index (χ4v) is 1.83. The molecule has 0 bridgehead atoms. The predicted molar refractivity (Wildman–Crippen MR) is 79.3 cm³/mol. The number of hydrogen-bond donors (Lipinski definition) is 1. The average Bonchev–Trinajstić information content (AvgIpc) is 2.46. The quantitative estimate of drug-likeness (QED) is 0.877. The van der Waals surface area contributed by atoms with E-state index in [0.717, 1.165) is 5.56 Å². The van der Waals surface area contributed by atoms with Crippen molar-refractivity contribution in [2.75, 3.05) is 6.54 Å². The van der Waals surface area contributed by atoms with Gasteiger partial charge in [0.25, 0.3) is 5.91 Å². The molecule has 3 nitrogen and oxygen atoms in total. The Morgan fingerprint density at radius 2 is 1.50 bits per heavy atom. The smallest absolute Gasteiger partial charge is 0.251 e. The van der Waals surface area contributed by atoms with Crippen LogP contribution in [0.5, 0.6) is 0 Å². The van der Waals surface area contributed by atoms with Crippen LogP contribution >= 0.6 is 11.6 Å². The first kappa shape index (κ1) is 14.3. The summed E-state index contributed by atoms with van der Waals surface area (Å²) in [6.45, 7) is 1.92. The molecule has 2 aromatic rings. The van der Waals surface area contributed by atoms with Crippen molar-refractivity contribution in [1.82, 2.24) is 5.32 Å². The normalized spacial score (nSPS) is 10.1. The Bertz CT molecular complexity index is 560. The molecular formula is C16H14ClNO2. The fourth-order valence-electron chi connectivity index (χ4n) is 1.71. The summed E-state index contributed by atoms with van der Waals surface area (Å²) in [7, 11) is 0. The minimum absolute atomic E-state index is 0.0334. The van der Waals surface area contributed by atoms with Crippen molar-refractivity contribution in [3.05, 3.63) is 70.2 Å². The highest BCUT2D eigenvalue weighted by atomic mass is 35.5. The number of Topliss-reactive ketones (excluding diaryl/α,β-unsaturated/α-hetero) is 1. The molecule has 0 saturated carbocycles. The van der Waals surface area contributed by atoms with E-state index in [-0.39, 0.29) is 18.2 Å². The maximum atomic E-state index is 11.9. The van der Waals surface area contributed by atoms with Crippen LogP contribution in [0.2, 0.25) is 5.02 Å². The number of nitrogens with one attached hydrogen (secondary N) is 1. The molecule has 0 spiro atoms. The SMILES string of the molecule is Cc1ccc(C(=O)NCC(=O)c2ccc(Cl)cc2)cc1. The Labute approximate surface area is 122 Å². The van der Waals surface area contributed by atoms with Gasteiger partial charge in [-0.3, -0.25) is 9.59 Å². The number of rotatable bonds is 4. The number of benzene rings is 2. The van der Waals surface area contributed by atoms with Crippen molar-refractivity contribution in [1.29, 1.82) is 0 Å². The van der Waals surface area contributed by atoms with Crippen LogP contribution in [0.15, 0.2) is 48.5 Å². The van der Waals surface area contributed by atoms with E-state index in [1.165, 1.54) is 0 Å². The largest absolute Gasteiger partial charge is 0.345 e. The van der Waals surface area contributed by atoms with Crippen LogP contribution < -0.4 is 5.32 Å². The van der Waals surface area contributed by atoms with Gasteiger partial charge in [-0.2, -0.15) is 0 Å². The van der Waals surface area contributed by atoms with Gasteiger partial charge in [0.15, 0.2) is 5.78 Å². The summed E-state index contributed by atoms with van der Waals surface area (Å²) < 4.78 is 0. The molecule has 0 atom stereocenters. The third kappa shape index (κ3) is 3.68. The summed E-state index contributed by atoms with van der Waals surface area (Å²) in [6.07, 6.45) is 0. The molecular weight excluding hydrogens is 274 g/mol. The number of ketones is 1. The van der Waals surface area contributed by atoms with Gasteiger partial charge in [-0.25, -0.2) is 0 Å². The maximum absolute atomic E-state index is 11.9. The van der Waals surface area contributed by atoms with E-state index in [0.29, 0.717) is 16.1 Å². The lowest BCUT2D eigenvalue weighted by Gasteiger charge is -2.05. The van der Waals surface area contributed by atoms with E-state index >= 15 is 0 Å². The van der Waals surface area contributed by atoms with Crippen LogP contribution in [-0.2, 0) is 0 Å². The molecule has 102 valence electrons. The Balaban J connectivity index is 1.94. The van der Waals surface area contributed by atoms with E-state index in [2.05, 4.69) is 5.32 Å². The lowest BCUT2D eigenvalue weighted by atomic mass is 10.1. The number of carbonyl (C=O) groups excluding carboxylic acids is 2. The topological polar surface area (TPSA) is 46.2 Å². The molecule has 20 heavy (non-hydrogen) atoms. The van der Waals surface area contributed by atoms with Crippen molar-refractivity contribution in [3.8, 4) is 0 Å². The van der Waals surface area contributed by atoms with Gasteiger partial charge in [-0.1, -0.05) is 29.3 Å². The minimum atomic E-state index is -0.257. The van der Waals surface area contributed by atoms with Gasteiger partial charge in [0.1, 0.15) is 0 Å². The molecule has 4 heteroatoms. The Morgan fingerprint density at radius 3 is 2.10 bits per heavy atom. The fraction of sp³-hybridized carbons (Fsp3) is 0.125. The molecule has 0 heterocycles. The standard InChI is InChI=1S/C16H14ClNO2/c1-11-2-4-13(5-3-11)16(20)18-10-15(19)12-6-8-14(17)9-7-12/h2-9H,10H2,1H3,(H,18,20). The van der Waals surface area contributed by atoms with Gasteiger partial charge < -0.3 is 5.32 Å². The van der Waals surface area contributed by atoms with Crippen molar-refractivity contribution in [2.45, 2.75) is 6.92 Å². The van der Waals surface area contributed by atoms with Crippen molar-refractivity contribution < 1.29 is 9.59 Å². The van der Waals surface area contributed by atoms with Gasteiger partial charge in [0.05, 0.1) is 6.54 Å². The third-order valence-electron chi connectivity index (χ3n) is 2.89. The molecule has 0 aromatic heterocycles. The second-order valence-corrected chi connectivity index (χ2v) is 4.92. The zero-order chi connectivity index (χ0) is 14.5. The highest BCUT2D eigenvalue weighted by Crippen LogP contribution is 2.10. The van der Waals surface area contributed by atoms with Crippen LogP contribution in [0.3, 0.4) is 0 Å². The van der Waals surface area contributed by atoms with Gasteiger partial charge >= 0.3 is 0 Å². The van der Waals surface area contributed by atoms with Crippen molar-refractivity contribution in [2.24, 2.45) is 0 Å². The molecule has 1 N–H and O–H groups in total. The van der Waals surface area contributed by atoms with Gasteiger partial charge in [0, 0.05) is 16.1 Å². The predicted octanol–water partition coefficient (Wildman–Crippen LogP) is 3.26. The van der Waals surface area contributed by atoms with Gasteiger partial charge in [-0.15, -0.1) is 0 Å². The van der Waals surface area contributed by atoms with E-state index in [4.69, 9.17) is 11.6 Å². The third-order valence-corrected chi connectivity index (χ3v) is 3.14. The highest BCUT2D eigenvalue weighted by molar-refractivity contribution is 6.30. The first-order valence-corrected chi connectivity index (χ1v) is 6.58. The number of hydrogen-bond acceptors (Lipinski definition) is 2. The van der Waals surface area contributed by atoms with E-state index in [1.807, 2.05) is 19.1 Å². The van der Waals surface area contributed by atoms with Crippen LogP contribution in [0.1, 0.15) is 26.3 Å². The Kier molecular flexibility index (Phi) is 4.53. The second-order valence-electron chi connectivity index (χ2n) is 4.48. The van der Waals surface area contributed by atoms with Crippen LogP contribution in [0.25, 0.3) is 0 Å². The second kappa shape index (κ2) is 6.35. The number of halogens is 1. The van der Waals surface area contributed by atoms with Crippen LogP contribution in [0, 0.1) is 6.92 Å². The zero-order valence-corrected chi connectivity index (χ0v) is 11.8. The first-order valence-electron chi connectivity index (χ1n) is 6.20. The number of carbonyl (C=O) groups is 2. The summed E-state index contributed by atoms with van der Waals surface area (Å²) in [6, 6.07) is 13.8. The number of amides is 1. The van der Waals surface area contributed by atoms with E-state index in [1.54, 1.807) is 36.4 Å². The molecule has 0 aliphatic heterocycles. The van der Waals surface area contributed by atoms with E-state index < -0.39 is 0 Å². The molecule has 0 aliphatic carbocycles. The highest BCUT2D eigenvalue weighted by Gasteiger charge is 2.09. The Hall–Kier alpha value is -2.13. The minimum Gasteiger partial charge on any atom is -0.345 e. The molecule has 2 rings (SSSR count). The number of aryl methyl sites for hydroxylation is 1. The summed E-state index contributed by atoms with van der Waals surface area (Å²) in [5.74, 6) is -0.408. The molecule has 0 fully saturated rings. The molecule has 1 amide bonds. The molecule has 0 saturated heterocycles. The maximum Gasteiger partial charge on any atom is 0.251 e. The summed E-state index contributed by atoms with van der Waals surface area (Å²) in [4.78, 5) is 23.7. The molecule has 0 unspecified atom stereocenters. The first-order chi connectivity index (χ1) is 9.56. The Morgan fingerprint density at radius 1 is 0.950 bits per heavy atom. The summed E-state index contributed by atoms with van der Waals surface area (Å²) >= 11 is 5.76. The molecule has 0 aliphatic rings. The average molecular weight is 288 g/mol. The van der Waals surface area contributed by atoms with Gasteiger partial charge in [0.2, 0.25) is 0 Å². The van der Waals surface area contributed by atoms with Gasteiger partial charge in [-0.05, 0) is 43.3 Å². The summed E-state index contributed by atoms with van der Waals surface area (Å²) in [5, 5.41) is 3.18. The monoisotopic (exact) mass is 287 g/mol. The zero-order valence-electron chi connectivity index (χ0n) is 11.0. The lowest BCUT2D eigenvalue weighted by Crippen LogP contribution is -2.29. The van der Waals surface area contributed by atoms with Crippen molar-refractivity contribution >= 4 is 23.3 Å². The lowest BCUT2D eigenvalue weighted by molar-refractivity contribution is 0.0904. The van der Waals surface area contributed by atoms with Crippen molar-refractivity contribution in [3.63, 3.8) is 0 Å². The molecule has 0 radical (unpaired) electrons. The van der Waals surface area contributed by atoms with Crippen LogP contribution in [0.4, 0.5) is 0 Å². The summed E-state index contributed by atoms with van der Waals surface area (Å²) in [5.41, 5.74) is 2.15.